The molecule has 0 bridgehead atoms. The molecule has 22 heavy (non-hydrogen) atoms. The summed E-state index contributed by atoms with van der Waals surface area (Å²) in [5.74, 6) is 0.262. The van der Waals surface area contributed by atoms with Crippen molar-refractivity contribution >= 4 is 18.5 Å². The van der Waals surface area contributed by atoms with Gasteiger partial charge in [-0.1, -0.05) is 38.5 Å². The van der Waals surface area contributed by atoms with Crippen LogP contribution in [-0.4, -0.2) is 30.6 Å². The number of hydrogen-bond donors (Lipinski definition) is 0. The molecule has 2 fully saturated rings. The third-order valence-electron chi connectivity index (χ3n) is 5.23. The number of esters is 1. The summed E-state index contributed by atoms with van der Waals surface area (Å²) in [7, 11) is 0. The van der Waals surface area contributed by atoms with E-state index in [1.165, 1.54) is 31.9 Å². The zero-order valence-corrected chi connectivity index (χ0v) is 13.7. The van der Waals surface area contributed by atoms with Gasteiger partial charge in [0.2, 0.25) is 6.29 Å². The van der Waals surface area contributed by atoms with Gasteiger partial charge in [0.15, 0.2) is 0 Å². The molecule has 0 aromatic rings. The maximum atomic E-state index is 11.8. The molecule has 1 atom stereocenters. The van der Waals surface area contributed by atoms with Gasteiger partial charge >= 0.3 is 5.97 Å². The third kappa shape index (κ3) is 4.92. The van der Waals surface area contributed by atoms with Crippen LogP contribution in [0.3, 0.4) is 0 Å². The Labute approximate surface area is 133 Å². The zero-order valence-electron chi connectivity index (χ0n) is 13.7. The van der Waals surface area contributed by atoms with Gasteiger partial charge in [-0.2, -0.15) is 0 Å². The molecule has 2 saturated carbocycles. The third-order valence-corrected chi connectivity index (χ3v) is 5.23. The predicted molar refractivity (Wildman–Crippen MR) is 86.7 cm³/mol. The minimum atomic E-state index is -0.899. The van der Waals surface area contributed by atoms with Gasteiger partial charge in [0.05, 0.1) is 6.61 Å². The Morgan fingerprint density at radius 2 is 1.73 bits per heavy atom. The van der Waals surface area contributed by atoms with E-state index in [4.69, 9.17) is 4.74 Å². The molecule has 0 saturated heterocycles. The van der Waals surface area contributed by atoms with Gasteiger partial charge in [-0.05, 0) is 44.4 Å². The highest BCUT2D eigenvalue weighted by Gasteiger charge is 2.35. The number of carbonyl (C=O) groups is 1. The molecule has 2 rings (SSSR count). The number of aliphatic imine (C=N–C) groups is 1. The number of nitrogens with zero attached hydrogens (tertiary/aromatic N) is 1. The highest BCUT2D eigenvalue weighted by Crippen LogP contribution is 2.33. The molecule has 2 aliphatic carbocycles. The molecule has 0 aliphatic heterocycles. The van der Waals surface area contributed by atoms with E-state index in [0.29, 0.717) is 12.5 Å². The van der Waals surface area contributed by atoms with Crippen molar-refractivity contribution in [1.29, 1.82) is 0 Å². The van der Waals surface area contributed by atoms with Crippen LogP contribution >= 0.6 is 0 Å². The van der Waals surface area contributed by atoms with Gasteiger partial charge in [0, 0.05) is 0 Å². The van der Waals surface area contributed by atoms with E-state index in [-0.39, 0.29) is 5.92 Å². The summed E-state index contributed by atoms with van der Waals surface area (Å²) in [6.45, 7) is 2.26. The largest absolute Gasteiger partial charge is 0.461 e. The Morgan fingerprint density at radius 3 is 2.32 bits per heavy atom. The molecule has 0 heterocycles. The Hall–Kier alpha value is -1.19. The summed E-state index contributed by atoms with van der Waals surface area (Å²) in [5.41, 5.74) is -0.899. The Kier molecular flexibility index (Phi) is 6.59. The Bertz CT molecular complexity index is 395. The second-order valence-corrected chi connectivity index (χ2v) is 6.98. The van der Waals surface area contributed by atoms with Gasteiger partial charge in [-0.25, -0.2) is 4.79 Å². The van der Waals surface area contributed by atoms with Crippen LogP contribution in [0.2, 0.25) is 0 Å². The lowest BCUT2D eigenvalue weighted by Gasteiger charge is -2.31. The molecule has 4 nitrogen and oxygen atoms in total. The monoisotopic (exact) mass is 306 g/mol. The van der Waals surface area contributed by atoms with Gasteiger partial charge in [-0.15, -0.1) is 0 Å². The van der Waals surface area contributed by atoms with Crippen molar-refractivity contribution < 1.29 is 14.3 Å². The SMILES string of the molecule is C[C@@]([C]=O)(N=CC(=O)OCC1CCCCC1)C1CCCCC1. The average molecular weight is 306 g/mol. The summed E-state index contributed by atoms with van der Waals surface area (Å²) in [6, 6.07) is 0. The second-order valence-electron chi connectivity index (χ2n) is 6.98. The van der Waals surface area contributed by atoms with Gasteiger partial charge in [0.25, 0.3) is 0 Å². The maximum absolute atomic E-state index is 11.8. The zero-order chi connectivity index (χ0) is 15.8. The van der Waals surface area contributed by atoms with E-state index >= 15 is 0 Å². The molecule has 123 valence electrons. The first-order valence-corrected chi connectivity index (χ1v) is 8.75. The van der Waals surface area contributed by atoms with Crippen molar-refractivity contribution in [2.24, 2.45) is 16.8 Å². The fourth-order valence-electron chi connectivity index (χ4n) is 3.66. The fourth-order valence-corrected chi connectivity index (χ4v) is 3.66. The van der Waals surface area contributed by atoms with E-state index in [2.05, 4.69) is 11.3 Å². The normalized spacial score (nSPS) is 24.0. The van der Waals surface area contributed by atoms with E-state index in [1.54, 1.807) is 6.92 Å². The van der Waals surface area contributed by atoms with Crippen LogP contribution in [0.4, 0.5) is 0 Å². The van der Waals surface area contributed by atoms with Crippen LogP contribution in [0.15, 0.2) is 4.99 Å². The lowest BCUT2D eigenvalue weighted by molar-refractivity contribution is -0.136. The first-order valence-electron chi connectivity index (χ1n) is 8.75. The van der Waals surface area contributed by atoms with Crippen LogP contribution in [0.25, 0.3) is 0 Å². The Morgan fingerprint density at radius 1 is 1.14 bits per heavy atom. The van der Waals surface area contributed by atoms with Crippen molar-refractivity contribution in [3.63, 3.8) is 0 Å². The minimum absolute atomic E-state index is 0.196. The standard InChI is InChI=1S/C18H28NO3/c1-18(14-20,16-10-6-3-7-11-16)19-12-17(21)22-13-15-8-4-2-5-9-15/h12,15-16H,2-11,13H2,1H3/t18-/m0/s1. The molecule has 0 amide bonds. The molecular weight excluding hydrogens is 278 g/mol. The van der Waals surface area contributed by atoms with Crippen molar-refractivity contribution in [2.75, 3.05) is 6.61 Å². The number of hydrogen-bond acceptors (Lipinski definition) is 4. The molecule has 0 N–H and O–H groups in total. The minimum Gasteiger partial charge on any atom is -0.461 e. The average Bonchev–Trinajstić information content (AvgIpc) is 2.59. The molecule has 2 aliphatic rings. The van der Waals surface area contributed by atoms with Gasteiger partial charge in [0.1, 0.15) is 11.8 Å². The van der Waals surface area contributed by atoms with Crippen LogP contribution in [0.1, 0.15) is 71.1 Å². The summed E-state index contributed by atoms with van der Waals surface area (Å²) in [4.78, 5) is 27.4. The molecule has 0 spiro atoms. The number of carbonyl (C=O) groups excluding carboxylic acids is 2. The fraction of sp³-hybridized carbons (Fsp3) is 0.833. The van der Waals surface area contributed by atoms with Gasteiger partial charge < -0.3 is 4.74 Å². The summed E-state index contributed by atoms with van der Waals surface area (Å²) < 4.78 is 5.29. The summed E-state index contributed by atoms with van der Waals surface area (Å²) in [5, 5.41) is 0. The van der Waals surface area contributed by atoms with Crippen molar-refractivity contribution in [3.8, 4) is 0 Å². The quantitative estimate of drug-likeness (QED) is 0.556. The molecular formula is C18H28NO3. The number of ether oxygens (including phenoxy) is 1. The summed E-state index contributed by atoms with van der Waals surface area (Å²) >= 11 is 0. The first-order chi connectivity index (χ1) is 10.6. The highest BCUT2D eigenvalue weighted by molar-refractivity contribution is 6.23. The molecule has 0 unspecified atom stereocenters. The molecule has 0 aromatic heterocycles. The van der Waals surface area contributed by atoms with E-state index in [1.807, 2.05) is 0 Å². The van der Waals surface area contributed by atoms with Gasteiger partial charge in [-0.3, -0.25) is 9.79 Å². The van der Waals surface area contributed by atoms with E-state index in [0.717, 1.165) is 38.5 Å². The number of rotatable bonds is 6. The van der Waals surface area contributed by atoms with Crippen molar-refractivity contribution in [3.05, 3.63) is 0 Å². The lowest BCUT2D eigenvalue weighted by atomic mass is 9.77. The van der Waals surface area contributed by atoms with E-state index < -0.39 is 11.5 Å². The first kappa shape index (κ1) is 17.2. The maximum Gasteiger partial charge on any atom is 0.348 e. The van der Waals surface area contributed by atoms with E-state index in [9.17, 15) is 9.59 Å². The van der Waals surface area contributed by atoms with Crippen LogP contribution in [0, 0.1) is 11.8 Å². The van der Waals surface area contributed by atoms with Crippen LogP contribution < -0.4 is 0 Å². The second kappa shape index (κ2) is 8.44. The van der Waals surface area contributed by atoms with Crippen LogP contribution in [-0.2, 0) is 14.3 Å². The lowest BCUT2D eigenvalue weighted by Crippen LogP contribution is -2.36. The van der Waals surface area contributed by atoms with Crippen LogP contribution in [0.5, 0.6) is 0 Å². The smallest absolute Gasteiger partial charge is 0.348 e. The van der Waals surface area contributed by atoms with Crippen molar-refractivity contribution in [2.45, 2.75) is 76.7 Å². The topological polar surface area (TPSA) is 55.7 Å². The highest BCUT2D eigenvalue weighted by atomic mass is 16.5. The summed E-state index contributed by atoms with van der Waals surface area (Å²) in [6.07, 6.45) is 14.7. The molecule has 4 heteroatoms. The Balaban J connectivity index is 1.81. The molecule has 1 radical (unpaired) electrons. The molecule has 0 aromatic carbocycles. The van der Waals surface area contributed by atoms with Crippen molar-refractivity contribution in [1.82, 2.24) is 0 Å². The predicted octanol–water partition coefficient (Wildman–Crippen LogP) is 3.63.